The molecule has 4 nitrogen and oxygen atoms in total. The summed E-state index contributed by atoms with van der Waals surface area (Å²) in [5, 5.41) is 6.24. The highest BCUT2D eigenvalue weighted by atomic mass is 16.5. The van der Waals surface area contributed by atoms with Gasteiger partial charge in [0.05, 0.1) is 12.3 Å². The minimum Gasteiger partial charge on any atom is -0.497 e. The summed E-state index contributed by atoms with van der Waals surface area (Å²) >= 11 is 0. The third kappa shape index (κ3) is 3.23. The van der Waals surface area contributed by atoms with Gasteiger partial charge in [0.15, 0.2) is 0 Å². The number of rotatable bonds is 3. The predicted molar refractivity (Wildman–Crippen MR) is 61.9 cm³/mol. The van der Waals surface area contributed by atoms with E-state index in [4.69, 9.17) is 4.74 Å². The van der Waals surface area contributed by atoms with E-state index in [1.54, 1.807) is 6.26 Å². The van der Waals surface area contributed by atoms with E-state index in [1.807, 2.05) is 6.08 Å². The van der Waals surface area contributed by atoms with Crippen LogP contribution in [0.15, 0.2) is 12.3 Å². The molecule has 90 valence electrons. The quantitative estimate of drug-likeness (QED) is 0.750. The Kier molecular flexibility index (Phi) is 4.22. The van der Waals surface area contributed by atoms with E-state index in [-0.39, 0.29) is 18.1 Å². The Morgan fingerprint density at radius 1 is 1.44 bits per heavy atom. The van der Waals surface area contributed by atoms with Crippen molar-refractivity contribution in [1.29, 1.82) is 0 Å². The molecule has 2 aliphatic rings. The van der Waals surface area contributed by atoms with Crippen molar-refractivity contribution >= 4 is 5.91 Å². The normalized spacial score (nSPS) is 30.4. The highest BCUT2D eigenvalue weighted by molar-refractivity contribution is 5.81. The molecule has 1 fully saturated rings. The van der Waals surface area contributed by atoms with E-state index in [0.717, 1.165) is 45.2 Å². The Labute approximate surface area is 96.4 Å². The molecular formula is C12H20N2O2. The fraction of sp³-hybridized carbons (Fsp3) is 0.750. The van der Waals surface area contributed by atoms with Crippen LogP contribution in [0, 0.1) is 0 Å². The number of nitrogens with one attached hydrogen (secondary N) is 2. The Balaban J connectivity index is 1.74. The molecule has 2 atom stereocenters. The van der Waals surface area contributed by atoms with Crippen LogP contribution in [0.1, 0.15) is 32.1 Å². The number of amides is 1. The highest BCUT2D eigenvalue weighted by Crippen LogP contribution is 2.10. The fourth-order valence-corrected chi connectivity index (χ4v) is 2.14. The maximum absolute atomic E-state index is 11.7. The molecule has 0 aliphatic carbocycles. The summed E-state index contributed by atoms with van der Waals surface area (Å²) in [6.45, 7) is 1.59. The molecule has 2 aliphatic heterocycles. The fourth-order valence-electron chi connectivity index (χ4n) is 2.14. The van der Waals surface area contributed by atoms with Gasteiger partial charge in [0.2, 0.25) is 5.91 Å². The second-order valence-electron chi connectivity index (χ2n) is 4.45. The number of carbonyl (C=O) groups is 1. The number of ether oxygens (including phenoxy) is 1. The first kappa shape index (κ1) is 11.5. The topological polar surface area (TPSA) is 50.4 Å². The number of carbonyl (C=O) groups excluding carboxylic acids is 1. The summed E-state index contributed by atoms with van der Waals surface area (Å²) in [5.41, 5.74) is 0. The van der Waals surface area contributed by atoms with Gasteiger partial charge in [0.1, 0.15) is 6.10 Å². The molecule has 16 heavy (non-hydrogen) atoms. The molecule has 0 saturated carbocycles. The van der Waals surface area contributed by atoms with Crippen molar-refractivity contribution in [2.24, 2.45) is 0 Å². The Morgan fingerprint density at radius 3 is 3.19 bits per heavy atom. The molecule has 2 heterocycles. The SMILES string of the molecule is O=C1NCCCCC1NCC1CCC=CO1. The molecule has 4 heteroatoms. The molecule has 0 radical (unpaired) electrons. The summed E-state index contributed by atoms with van der Waals surface area (Å²) in [4.78, 5) is 11.7. The van der Waals surface area contributed by atoms with Crippen molar-refractivity contribution in [3.8, 4) is 0 Å². The first-order valence-electron chi connectivity index (χ1n) is 6.18. The van der Waals surface area contributed by atoms with Crippen LogP contribution in [-0.4, -0.2) is 31.1 Å². The van der Waals surface area contributed by atoms with Gasteiger partial charge in [0, 0.05) is 13.1 Å². The lowest BCUT2D eigenvalue weighted by atomic mass is 10.1. The minimum atomic E-state index is -0.0305. The van der Waals surface area contributed by atoms with Gasteiger partial charge in [-0.3, -0.25) is 4.79 Å². The molecule has 2 N–H and O–H groups in total. The van der Waals surface area contributed by atoms with Gasteiger partial charge < -0.3 is 15.4 Å². The highest BCUT2D eigenvalue weighted by Gasteiger charge is 2.21. The third-order valence-corrected chi connectivity index (χ3v) is 3.15. The number of hydrogen-bond acceptors (Lipinski definition) is 3. The molecule has 0 spiro atoms. The van der Waals surface area contributed by atoms with Gasteiger partial charge in [-0.15, -0.1) is 0 Å². The zero-order chi connectivity index (χ0) is 11.2. The van der Waals surface area contributed by atoms with Crippen molar-refractivity contribution in [3.05, 3.63) is 12.3 Å². The van der Waals surface area contributed by atoms with Crippen LogP contribution in [0.3, 0.4) is 0 Å². The standard InChI is InChI=1S/C12H20N2O2/c15-12-11(6-1-3-7-13-12)14-9-10-5-2-4-8-16-10/h4,8,10-11,14H,1-3,5-7,9H2,(H,13,15). The van der Waals surface area contributed by atoms with E-state index in [0.29, 0.717) is 0 Å². The van der Waals surface area contributed by atoms with Crippen LogP contribution in [0.5, 0.6) is 0 Å². The Bertz CT molecular complexity index is 266. The molecule has 0 aromatic rings. The minimum absolute atomic E-state index is 0.0305. The van der Waals surface area contributed by atoms with Crippen LogP contribution in [0.2, 0.25) is 0 Å². The average molecular weight is 224 g/mol. The van der Waals surface area contributed by atoms with Crippen LogP contribution in [0.25, 0.3) is 0 Å². The molecule has 1 saturated heterocycles. The van der Waals surface area contributed by atoms with E-state index in [2.05, 4.69) is 10.6 Å². The second kappa shape index (κ2) is 5.89. The maximum Gasteiger partial charge on any atom is 0.237 e. The lowest BCUT2D eigenvalue weighted by Gasteiger charge is -2.22. The summed E-state index contributed by atoms with van der Waals surface area (Å²) in [7, 11) is 0. The Morgan fingerprint density at radius 2 is 2.38 bits per heavy atom. The lowest BCUT2D eigenvalue weighted by Crippen LogP contribution is -2.45. The third-order valence-electron chi connectivity index (χ3n) is 3.15. The van der Waals surface area contributed by atoms with Crippen LogP contribution >= 0.6 is 0 Å². The second-order valence-corrected chi connectivity index (χ2v) is 4.45. The van der Waals surface area contributed by atoms with Gasteiger partial charge in [-0.2, -0.15) is 0 Å². The van der Waals surface area contributed by atoms with E-state index in [9.17, 15) is 4.79 Å². The zero-order valence-electron chi connectivity index (χ0n) is 9.58. The molecule has 0 aromatic heterocycles. The molecule has 2 rings (SSSR count). The lowest BCUT2D eigenvalue weighted by molar-refractivity contribution is -0.122. The predicted octanol–water partition coefficient (Wildman–Crippen LogP) is 0.937. The van der Waals surface area contributed by atoms with Gasteiger partial charge in [-0.1, -0.05) is 0 Å². The van der Waals surface area contributed by atoms with Gasteiger partial charge in [0.25, 0.3) is 0 Å². The van der Waals surface area contributed by atoms with Gasteiger partial charge >= 0.3 is 0 Å². The average Bonchev–Trinajstić information content (AvgIpc) is 2.53. The van der Waals surface area contributed by atoms with Crippen molar-refractivity contribution in [1.82, 2.24) is 10.6 Å². The summed E-state index contributed by atoms with van der Waals surface area (Å²) in [6, 6.07) is -0.0305. The number of hydrogen-bond donors (Lipinski definition) is 2. The first-order valence-corrected chi connectivity index (χ1v) is 6.18. The molecule has 1 amide bonds. The zero-order valence-corrected chi connectivity index (χ0v) is 9.58. The van der Waals surface area contributed by atoms with Crippen LogP contribution < -0.4 is 10.6 Å². The van der Waals surface area contributed by atoms with E-state index in [1.165, 1.54) is 0 Å². The molecule has 2 unspecified atom stereocenters. The Hall–Kier alpha value is -1.03. The van der Waals surface area contributed by atoms with Gasteiger partial charge in [-0.05, 0) is 38.2 Å². The van der Waals surface area contributed by atoms with Crippen molar-refractivity contribution in [3.63, 3.8) is 0 Å². The monoisotopic (exact) mass is 224 g/mol. The summed E-state index contributed by atoms with van der Waals surface area (Å²) in [5.74, 6) is 0.142. The smallest absolute Gasteiger partial charge is 0.237 e. The van der Waals surface area contributed by atoms with Crippen LogP contribution in [-0.2, 0) is 9.53 Å². The van der Waals surface area contributed by atoms with Crippen LogP contribution in [0.4, 0.5) is 0 Å². The molecular weight excluding hydrogens is 204 g/mol. The molecule has 0 aromatic carbocycles. The number of allylic oxidation sites excluding steroid dienone is 1. The summed E-state index contributed by atoms with van der Waals surface area (Å²) in [6.07, 6.45) is 9.28. The van der Waals surface area contributed by atoms with Crippen molar-refractivity contribution in [2.45, 2.75) is 44.2 Å². The largest absolute Gasteiger partial charge is 0.497 e. The van der Waals surface area contributed by atoms with Crippen molar-refractivity contribution in [2.75, 3.05) is 13.1 Å². The first-order chi connectivity index (χ1) is 7.86. The van der Waals surface area contributed by atoms with E-state index < -0.39 is 0 Å². The van der Waals surface area contributed by atoms with Gasteiger partial charge in [-0.25, -0.2) is 0 Å². The molecule has 0 bridgehead atoms. The van der Waals surface area contributed by atoms with Crippen molar-refractivity contribution < 1.29 is 9.53 Å². The van der Waals surface area contributed by atoms with E-state index >= 15 is 0 Å². The summed E-state index contributed by atoms with van der Waals surface area (Å²) < 4.78 is 5.46. The maximum atomic E-state index is 11.7.